The van der Waals surface area contributed by atoms with Crippen LogP contribution in [0, 0.1) is 0 Å². The average molecular weight is 235 g/mol. The standard InChI is InChI=1S/C13H17NO3/c1-16-13(15)11-6-2-3-7-12(11)17-9-10-5-4-8-14-10/h2-3,6-7,10,14H,4-5,8-9H2,1H3. The van der Waals surface area contributed by atoms with Crippen LogP contribution in [-0.2, 0) is 4.74 Å². The maximum absolute atomic E-state index is 11.5. The summed E-state index contributed by atoms with van der Waals surface area (Å²) in [5.74, 6) is 0.230. The van der Waals surface area contributed by atoms with E-state index in [-0.39, 0.29) is 5.97 Å². The molecule has 0 amide bonds. The van der Waals surface area contributed by atoms with E-state index in [1.165, 1.54) is 13.5 Å². The minimum Gasteiger partial charge on any atom is -0.491 e. The number of para-hydroxylation sites is 1. The molecule has 17 heavy (non-hydrogen) atoms. The summed E-state index contributed by atoms with van der Waals surface area (Å²) < 4.78 is 10.4. The highest BCUT2D eigenvalue weighted by molar-refractivity contribution is 5.92. The van der Waals surface area contributed by atoms with E-state index in [1.807, 2.05) is 6.07 Å². The Kier molecular flexibility index (Phi) is 3.98. The lowest BCUT2D eigenvalue weighted by molar-refractivity contribution is 0.0595. The van der Waals surface area contributed by atoms with Crippen molar-refractivity contribution in [1.82, 2.24) is 5.32 Å². The Morgan fingerprint density at radius 3 is 3.00 bits per heavy atom. The molecule has 1 aromatic rings. The fourth-order valence-electron chi connectivity index (χ4n) is 1.96. The van der Waals surface area contributed by atoms with Crippen LogP contribution in [0.25, 0.3) is 0 Å². The first-order chi connectivity index (χ1) is 8.31. The molecule has 0 radical (unpaired) electrons. The van der Waals surface area contributed by atoms with Crippen molar-refractivity contribution >= 4 is 5.97 Å². The number of methoxy groups -OCH3 is 1. The molecular formula is C13H17NO3. The molecule has 1 aromatic carbocycles. The van der Waals surface area contributed by atoms with Crippen LogP contribution in [0.1, 0.15) is 23.2 Å². The first kappa shape index (κ1) is 11.9. The number of carbonyl (C=O) groups is 1. The second kappa shape index (κ2) is 5.68. The Bertz CT molecular complexity index is 386. The first-order valence-electron chi connectivity index (χ1n) is 5.85. The second-order valence-electron chi connectivity index (χ2n) is 4.09. The van der Waals surface area contributed by atoms with Crippen LogP contribution < -0.4 is 10.1 Å². The highest BCUT2D eigenvalue weighted by Crippen LogP contribution is 2.19. The normalized spacial score (nSPS) is 19.0. The van der Waals surface area contributed by atoms with Crippen molar-refractivity contribution in [3.8, 4) is 5.75 Å². The van der Waals surface area contributed by atoms with E-state index >= 15 is 0 Å². The van der Waals surface area contributed by atoms with Gasteiger partial charge in [0.25, 0.3) is 0 Å². The zero-order valence-electron chi connectivity index (χ0n) is 9.94. The van der Waals surface area contributed by atoms with Crippen LogP contribution in [0.5, 0.6) is 5.75 Å². The summed E-state index contributed by atoms with van der Waals surface area (Å²) >= 11 is 0. The van der Waals surface area contributed by atoms with Gasteiger partial charge in [0.1, 0.15) is 17.9 Å². The Balaban J connectivity index is 2.01. The van der Waals surface area contributed by atoms with Crippen molar-refractivity contribution in [3.05, 3.63) is 29.8 Å². The van der Waals surface area contributed by atoms with E-state index in [4.69, 9.17) is 9.47 Å². The Hall–Kier alpha value is -1.55. The molecule has 4 heteroatoms. The summed E-state index contributed by atoms with van der Waals surface area (Å²) in [6, 6.07) is 7.54. The van der Waals surface area contributed by atoms with Gasteiger partial charge in [0.05, 0.1) is 7.11 Å². The predicted octanol–water partition coefficient (Wildman–Crippen LogP) is 1.60. The van der Waals surface area contributed by atoms with Gasteiger partial charge in [-0.3, -0.25) is 0 Å². The molecule has 0 spiro atoms. The van der Waals surface area contributed by atoms with Crippen LogP contribution >= 0.6 is 0 Å². The van der Waals surface area contributed by atoms with Crippen molar-refractivity contribution in [3.63, 3.8) is 0 Å². The van der Waals surface area contributed by atoms with Crippen molar-refractivity contribution in [2.75, 3.05) is 20.3 Å². The van der Waals surface area contributed by atoms with E-state index < -0.39 is 0 Å². The van der Waals surface area contributed by atoms with Crippen molar-refractivity contribution in [2.45, 2.75) is 18.9 Å². The number of esters is 1. The van der Waals surface area contributed by atoms with Crippen LogP contribution in [0.15, 0.2) is 24.3 Å². The quantitative estimate of drug-likeness (QED) is 0.805. The Labute approximate surface area is 101 Å². The van der Waals surface area contributed by atoms with Crippen LogP contribution in [0.3, 0.4) is 0 Å². The van der Waals surface area contributed by atoms with Crippen molar-refractivity contribution in [1.29, 1.82) is 0 Å². The number of hydrogen-bond acceptors (Lipinski definition) is 4. The molecule has 1 saturated heterocycles. The molecule has 0 bridgehead atoms. The minimum atomic E-state index is -0.361. The molecule has 0 aliphatic carbocycles. The average Bonchev–Trinajstić information content (AvgIpc) is 2.89. The predicted molar refractivity (Wildman–Crippen MR) is 64.3 cm³/mol. The molecule has 1 fully saturated rings. The molecule has 0 aromatic heterocycles. The smallest absolute Gasteiger partial charge is 0.341 e. The number of nitrogens with one attached hydrogen (secondary N) is 1. The summed E-state index contributed by atoms with van der Waals surface area (Å²) in [6.45, 7) is 1.64. The summed E-state index contributed by atoms with van der Waals surface area (Å²) in [6.07, 6.45) is 2.31. The molecule has 1 N–H and O–H groups in total. The van der Waals surface area contributed by atoms with Crippen molar-refractivity contribution in [2.24, 2.45) is 0 Å². The number of rotatable bonds is 4. The molecule has 0 saturated carbocycles. The topological polar surface area (TPSA) is 47.6 Å². The Morgan fingerprint density at radius 1 is 1.47 bits per heavy atom. The molecule has 2 rings (SSSR count). The van der Waals surface area contributed by atoms with E-state index in [1.54, 1.807) is 18.2 Å². The lowest BCUT2D eigenvalue weighted by Crippen LogP contribution is -2.28. The lowest BCUT2D eigenvalue weighted by Gasteiger charge is -2.14. The zero-order chi connectivity index (χ0) is 12.1. The van der Waals surface area contributed by atoms with Crippen LogP contribution in [0.4, 0.5) is 0 Å². The maximum atomic E-state index is 11.5. The lowest BCUT2D eigenvalue weighted by atomic mass is 10.2. The number of benzene rings is 1. The SMILES string of the molecule is COC(=O)c1ccccc1OCC1CCCN1. The monoisotopic (exact) mass is 235 g/mol. The van der Waals surface area contributed by atoms with E-state index in [0.29, 0.717) is 24.0 Å². The van der Waals surface area contributed by atoms with Gasteiger partial charge < -0.3 is 14.8 Å². The molecule has 1 aliphatic heterocycles. The number of carbonyl (C=O) groups excluding carboxylic acids is 1. The van der Waals surface area contributed by atoms with Gasteiger partial charge in [-0.25, -0.2) is 4.79 Å². The van der Waals surface area contributed by atoms with Gasteiger partial charge in [-0.05, 0) is 31.5 Å². The van der Waals surface area contributed by atoms with E-state index in [9.17, 15) is 4.79 Å². The zero-order valence-corrected chi connectivity index (χ0v) is 9.94. The van der Waals surface area contributed by atoms with Gasteiger partial charge in [-0.1, -0.05) is 12.1 Å². The summed E-state index contributed by atoms with van der Waals surface area (Å²) in [4.78, 5) is 11.5. The minimum absolute atomic E-state index is 0.361. The summed E-state index contributed by atoms with van der Waals surface area (Å²) in [7, 11) is 1.37. The largest absolute Gasteiger partial charge is 0.491 e. The molecule has 1 aliphatic rings. The molecular weight excluding hydrogens is 218 g/mol. The third kappa shape index (κ3) is 2.97. The molecule has 4 nitrogen and oxygen atoms in total. The third-order valence-corrected chi connectivity index (χ3v) is 2.89. The summed E-state index contributed by atoms with van der Waals surface area (Å²) in [5.41, 5.74) is 0.480. The fraction of sp³-hybridized carbons (Fsp3) is 0.462. The highest BCUT2D eigenvalue weighted by Gasteiger charge is 2.17. The van der Waals surface area contributed by atoms with Crippen molar-refractivity contribution < 1.29 is 14.3 Å². The van der Waals surface area contributed by atoms with Gasteiger partial charge in [-0.15, -0.1) is 0 Å². The van der Waals surface area contributed by atoms with Crippen LogP contribution in [-0.4, -0.2) is 32.3 Å². The van der Waals surface area contributed by atoms with Crippen LogP contribution in [0.2, 0.25) is 0 Å². The van der Waals surface area contributed by atoms with Gasteiger partial charge in [-0.2, -0.15) is 0 Å². The highest BCUT2D eigenvalue weighted by atomic mass is 16.5. The molecule has 92 valence electrons. The molecule has 1 atom stereocenters. The van der Waals surface area contributed by atoms with E-state index in [0.717, 1.165) is 13.0 Å². The van der Waals surface area contributed by atoms with Gasteiger partial charge in [0.2, 0.25) is 0 Å². The summed E-state index contributed by atoms with van der Waals surface area (Å²) in [5, 5.41) is 3.35. The number of hydrogen-bond donors (Lipinski definition) is 1. The molecule has 1 unspecified atom stereocenters. The maximum Gasteiger partial charge on any atom is 0.341 e. The fourth-order valence-corrected chi connectivity index (χ4v) is 1.96. The molecule has 1 heterocycles. The third-order valence-electron chi connectivity index (χ3n) is 2.89. The van der Waals surface area contributed by atoms with E-state index in [2.05, 4.69) is 5.32 Å². The van der Waals surface area contributed by atoms with Gasteiger partial charge >= 0.3 is 5.97 Å². The Morgan fingerprint density at radius 2 is 2.29 bits per heavy atom. The first-order valence-corrected chi connectivity index (χ1v) is 5.85. The second-order valence-corrected chi connectivity index (χ2v) is 4.09. The van der Waals surface area contributed by atoms with Gasteiger partial charge in [0.15, 0.2) is 0 Å². The van der Waals surface area contributed by atoms with Gasteiger partial charge in [0, 0.05) is 6.04 Å². The number of ether oxygens (including phenoxy) is 2.